The maximum Gasteiger partial charge on any atom is 0.0250 e. The molecule has 1 N–H and O–H groups in total. The molecular weight excluding hydrogens is 146 g/mol. The highest BCUT2D eigenvalue weighted by molar-refractivity contribution is 5.77. The van der Waals surface area contributed by atoms with Gasteiger partial charge in [0.25, 0.3) is 0 Å². The van der Waals surface area contributed by atoms with Gasteiger partial charge in [0, 0.05) is 6.21 Å². The van der Waals surface area contributed by atoms with Crippen LogP contribution < -0.4 is 0 Å². The quantitative estimate of drug-likeness (QED) is 0.609. The first-order chi connectivity index (χ1) is 5.90. The lowest BCUT2D eigenvalue weighted by Gasteiger charge is -2.15. The van der Waals surface area contributed by atoms with Gasteiger partial charge < -0.3 is 5.41 Å². The van der Waals surface area contributed by atoms with E-state index in [1.54, 1.807) is 0 Å². The summed E-state index contributed by atoms with van der Waals surface area (Å²) in [5.74, 6) is 0. The fraction of sp³-hybridized carbons (Fsp3) is 0.364. The standard InChI is InChI=1S/C11H13N/c12-8-9-5-6-10-3-1-2-4-11(10)7-9/h5-8,12H,1-4H2. The number of rotatable bonds is 1. The minimum atomic E-state index is 1.04. The molecule has 0 spiro atoms. The third kappa shape index (κ3) is 1.27. The van der Waals surface area contributed by atoms with E-state index in [4.69, 9.17) is 5.41 Å². The molecule has 1 aliphatic rings. The minimum Gasteiger partial charge on any atom is -0.308 e. The lowest BCUT2D eigenvalue weighted by Crippen LogP contribution is -2.02. The van der Waals surface area contributed by atoms with Crippen LogP contribution >= 0.6 is 0 Å². The third-order valence-electron chi connectivity index (χ3n) is 2.54. The van der Waals surface area contributed by atoms with E-state index in [1.165, 1.54) is 43.0 Å². The SMILES string of the molecule is N=Cc1ccc2c(c1)CCCC2. The molecule has 0 atom stereocenters. The fourth-order valence-electron chi connectivity index (χ4n) is 1.84. The van der Waals surface area contributed by atoms with Crippen molar-refractivity contribution in [2.45, 2.75) is 25.7 Å². The number of benzene rings is 1. The van der Waals surface area contributed by atoms with Crippen molar-refractivity contribution in [3.63, 3.8) is 0 Å². The van der Waals surface area contributed by atoms with Gasteiger partial charge in [0.1, 0.15) is 0 Å². The Hall–Kier alpha value is -1.11. The molecule has 0 fully saturated rings. The van der Waals surface area contributed by atoms with E-state index < -0.39 is 0 Å². The zero-order valence-corrected chi connectivity index (χ0v) is 7.14. The molecular formula is C11H13N. The summed E-state index contributed by atoms with van der Waals surface area (Å²) in [6, 6.07) is 6.37. The molecule has 1 nitrogen and oxygen atoms in total. The Kier molecular flexibility index (Phi) is 1.94. The summed E-state index contributed by atoms with van der Waals surface area (Å²) in [6.45, 7) is 0. The van der Waals surface area contributed by atoms with Crippen LogP contribution in [-0.4, -0.2) is 6.21 Å². The smallest absolute Gasteiger partial charge is 0.0250 e. The molecule has 1 aromatic rings. The summed E-state index contributed by atoms with van der Waals surface area (Å²) in [4.78, 5) is 0. The number of hydrogen-bond acceptors (Lipinski definition) is 1. The Morgan fingerprint density at radius 2 is 1.83 bits per heavy atom. The Bertz CT molecular complexity index is 302. The van der Waals surface area contributed by atoms with Crippen molar-refractivity contribution in [3.05, 3.63) is 34.9 Å². The van der Waals surface area contributed by atoms with Crippen LogP contribution in [-0.2, 0) is 12.8 Å². The van der Waals surface area contributed by atoms with Gasteiger partial charge >= 0.3 is 0 Å². The Morgan fingerprint density at radius 1 is 1.08 bits per heavy atom. The lowest BCUT2D eigenvalue weighted by atomic mass is 9.91. The first-order valence-corrected chi connectivity index (χ1v) is 4.52. The van der Waals surface area contributed by atoms with Crippen molar-refractivity contribution in [2.24, 2.45) is 0 Å². The van der Waals surface area contributed by atoms with Gasteiger partial charge in [-0.25, -0.2) is 0 Å². The van der Waals surface area contributed by atoms with Gasteiger partial charge in [-0.15, -0.1) is 0 Å². The molecule has 1 aliphatic carbocycles. The second-order valence-corrected chi connectivity index (χ2v) is 3.38. The second kappa shape index (κ2) is 3.10. The molecule has 0 heterocycles. The molecule has 1 aromatic carbocycles. The number of aryl methyl sites for hydroxylation is 2. The highest BCUT2D eigenvalue weighted by Gasteiger charge is 2.08. The predicted molar refractivity (Wildman–Crippen MR) is 51.0 cm³/mol. The highest BCUT2D eigenvalue weighted by atomic mass is 14.3. The molecule has 0 radical (unpaired) electrons. The van der Waals surface area contributed by atoms with Crippen molar-refractivity contribution in [3.8, 4) is 0 Å². The molecule has 0 saturated heterocycles. The Morgan fingerprint density at radius 3 is 2.58 bits per heavy atom. The third-order valence-corrected chi connectivity index (χ3v) is 2.54. The number of nitrogens with one attached hydrogen (secondary N) is 1. The molecule has 0 amide bonds. The maximum atomic E-state index is 7.14. The van der Waals surface area contributed by atoms with Crippen LogP contribution in [0.4, 0.5) is 0 Å². The van der Waals surface area contributed by atoms with Gasteiger partial charge in [-0.1, -0.05) is 12.1 Å². The van der Waals surface area contributed by atoms with Crippen molar-refractivity contribution in [1.82, 2.24) is 0 Å². The van der Waals surface area contributed by atoms with E-state index >= 15 is 0 Å². The van der Waals surface area contributed by atoms with Crippen LogP contribution in [0.25, 0.3) is 0 Å². The summed E-state index contributed by atoms with van der Waals surface area (Å²) in [5, 5.41) is 7.14. The Labute approximate surface area is 72.9 Å². The first-order valence-electron chi connectivity index (χ1n) is 4.52. The molecule has 0 saturated carbocycles. The van der Waals surface area contributed by atoms with E-state index in [1.807, 2.05) is 6.07 Å². The molecule has 62 valence electrons. The monoisotopic (exact) mass is 159 g/mol. The van der Waals surface area contributed by atoms with E-state index in [0.29, 0.717) is 0 Å². The molecule has 0 aromatic heterocycles. The molecule has 12 heavy (non-hydrogen) atoms. The normalized spacial score (nSPS) is 15.3. The lowest BCUT2D eigenvalue weighted by molar-refractivity contribution is 0.685. The summed E-state index contributed by atoms with van der Waals surface area (Å²) in [6.07, 6.45) is 6.50. The predicted octanol–water partition coefficient (Wildman–Crippen LogP) is 2.56. The van der Waals surface area contributed by atoms with E-state index in [0.717, 1.165) is 5.56 Å². The summed E-state index contributed by atoms with van der Waals surface area (Å²) < 4.78 is 0. The van der Waals surface area contributed by atoms with Gasteiger partial charge in [-0.2, -0.15) is 0 Å². The van der Waals surface area contributed by atoms with Crippen molar-refractivity contribution in [1.29, 1.82) is 5.41 Å². The van der Waals surface area contributed by atoms with Crippen LogP contribution in [0.3, 0.4) is 0 Å². The van der Waals surface area contributed by atoms with Gasteiger partial charge in [0.2, 0.25) is 0 Å². The molecule has 0 aliphatic heterocycles. The van der Waals surface area contributed by atoms with Crippen molar-refractivity contribution in [2.75, 3.05) is 0 Å². The topological polar surface area (TPSA) is 23.9 Å². The maximum absolute atomic E-state index is 7.14. The highest BCUT2D eigenvalue weighted by Crippen LogP contribution is 2.21. The van der Waals surface area contributed by atoms with E-state index in [-0.39, 0.29) is 0 Å². The van der Waals surface area contributed by atoms with E-state index in [9.17, 15) is 0 Å². The van der Waals surface area contributed by atoms with Crippen LogP contribution in [0.15, 0.2) is 18.2 Å². The molecule has 2 rings (SSSR count). The van der Waals surface area contributed by atoms with Gasteiger partial charge in [-0.05, 0) is 48.4 Å². The van der Waals surface area contributed by atoms with Gasteiger partial charge in [0.05, 0.1) is 0 Å². The average Bonchev–Trinajstić information content (AvgIpc) is 2.17. The van der Waals surface area contributed by atoms with Crippen LogP contribution in [0.2, 0.25) is 0 Å². The summed E-state index contributed by atoms with van der Waals surface area (Å²) in [5.41, 5.74) is 3.99. The van der Waals surface area contributed by atoms with Crippen LogP contribution in [0, 0.1) is 5.41 Å². The molecule has 0 bridgehead atoms. The first kappa shape index (κ1) is 7.53. The van der Waals surface area contributed by atoms with E-state index in [2.05, 4.69) is 12.1 Å². The summed E-state index contributed by atoms with van der Waals surface area (Å²) >= 11 is 0. The largest absolute Gasteiger partial charge is 0.308 e. The molecule has 0 unspecified atom stereocenters. The van der Waals surface area contributed by atoms with Crippen molar-refractivity contribution < 1.29 is 0 Å². The zero-order valence-electron chi connectivity index (χ0n) is 7.14. The number of fused-ring (bicyclic) bond motifs is 1. The zero-order chi connectivity index (χ0) is 8.39. The molecule has 1 heteroatoms. The van der Waals surface area contributed by atoms with Crippen LogP contribution in [0.1, 0.15) is 29.5 Å². The number of hydrogen-bond donors (Lipinski definition) is 1. The van der Waals surface area contributed by atoms with Gasteiger partial charge in [-0.3, -0.25) is 0 Å². The van der Waals surface area contributed by atoms with Gasteiger partial charge in [0.15, 0.2) is 0 Å². The summed E-state index contributed by atoms with van der Waals surface area (Å²) in [7, 11) is 0. The van der Waals surface area contributed by atoms with Crippen molar-refractivity contribution >= 4 is 6.21 Å². The minimum absolute atomic E-state index is 1.04. The fourth-order valence-corrected chi connectivity index (χ4v) is 1.84. The van der Waals surface area contributed by atoms with Crippen LogP contribution in [0.5, 0.6) is 0 Å². The Balaban J connectivity index is 2.42. The average molecular weight is 159 g/mol. The second-order valence-electron chi connectivity index (χ2n) is 3.38.